The van der Waals surface area contributed by atoms with Crippen molar-refractivity contribution in [2.75, 3.05) is 0 Å². The molecule has 8 nitrogen and oxygen atoms in total. The maximum absolute atomic E-state index is 11.8. The Morgan fingerprint density at radius 2 is 0.816 bits per heavy atom. The molecule has 0 saturated carbocycles. The number of phenolic OH excluding ortho intramolecular Hbond substituents is 3. The van der Waals surface area contributed by atoms with Gasteiger partial charge in [-0.05, 0) is 64.7 Å². The molecule has 0 amide bonds. The Morgan fingerprint density at radius 3 is 1.24 bits per heavy atom. The predicted octanol–water partition coefficient (Wildman–Crippen LogP) is 4.42. The summed E-state index contributed by atoms with van der Waals surface area (Å²) < 4.78 is 24.5. The number of hydrogen-bond donors (Lipinski definition) is 3. The van der Waals surface area contributed by atoms with Crippen LogP contribution in [-0.4, -0.2) is 15.3 Å². The van der Waals surface area contributed by atoms with Crippen LogP contribution in [0.2, 0.25) is 0 Å². The number of benzene rings is 6. The smallest absolute Gasteiger partial charge is 0.872 e. The van der Waals surface area contributed by atoms with Crippen molar-refractivity contribution in [2.45, 2.75) is 24.4 Å². The second-order valence-corrected chi connectivity index (χ2v) is 12.2. The summed E-state index contributed by atoms with van der Waals surface area (Å²) in [6.07, 6.45) is 0. The van der Waals surface area contributed by atoms with E-state index in [9.17, 15) is 20.4 Å². The van der Waals surface area contributed by atoms with E-state index in [-0.39, 0.29) is 52.6 Å². The van der Waals surface area contributed by atoms with Crippen molar-refractivity contribution < 1.29 is 68.9 Å². The van der Waals surface area contributed by atoms with Crippen molar-refractivity contribution >= 4 is 0 Å². The van der Waals surface area contributed by atoms with E-state index in [0.717, 1.165) is 44.5 Å². The molecular formula is C40H27NaO8. The number of rotatable bonds is 0. The average molecular weight is 659 g/mol. The normalized spacial score (nSPS) is 17.8. The number of fused-ring (bicyclic) bond motifs is 12. The van der Waals surface area contributed by atoms with E-state index in [0.29, 0.717) is 36.2 Å². The average Bonchev–Trinajstić information content (AvgIpc) is 3.65. The summed E-state index contributed by atoms with van der Waals surface area (Å²) >= 11 is 0. The van der Waals surface area contributed by atoms with Crippen LogP contribution < -0.4 is 44.1 Å². The summed E-state index contributed by atoms with van der Waals surface area (Å²) in [7, 11) is 0. The fraction of sp³-hybridized carbons (Fsp3) is 0.100. The second kappa shape index (κ2) is 11.6. The third-order valence-corrected chi connectivity index (χ3v) is 9.49. The quantitative estimate of drug-likeness (QED) is 0.205. The van der Waals surface area contributed by atoms with E-state index >= 15 is 0 Å². The third kappa shape index (κ3) is 4.64. The van der Waals surface area contributed by atoms with Gasteiger partial charge in [-0.15, -0.1) is 5.75 Å². The van der Waals surface area contributed by atoms with Gasteiger partial charge in [-0.1, -0.05) is 60.7 Å². The molecule has 0 saturated heterocycles. The molecule has 236 valence electrons. The first-order chi connectivity index (χ1) is 23.4. The molecule has 0 radical (unpaired) electrons. The van der Waals surface area contributed by atoms with E-state index < -0.39 is 11.2 Å². The molecule has 1 unspecified atom stereocenters. The Labute approximate surface area is 303 Å². The Balaban J connectivity index is 0.000000139. The van der Waals surface area contributed by atoms with Gasteiger partial charge in [-0.2, -0.15) is 0 Å². The molecule has 0 bridgehead atoms. The summed E-state index contributed by atoms with van der Waals surface area (Å²) in [5.74, 6) is 2.27. The molecule has 49 heavy (non-hydrogen) atoms. The van der Waals surface area contributed by atoms with Crippen LogP contribution in [0.15, 0.2) is 121 Å². The van der Waals surface area contributed by atoms with E-state index in [1.807, 2.05) is 54.6 Å². The molecule has 1 atom stereocenters. The maximum Gasteiger partial charge on any atom is 1.00 e. The number of hydrogen-bond acceptors (Lipinski definition) is 8. The van der Waals surface area contributed by atoms with Crippen LogP contribution in [0.3, 0.4) is 0 Å². The van der Waals surface area contributed by atoms with E-state index in [1.165, 1.54) is 12.1 Å². The molecule has 0 aromatic heterocycles. The van der Waals surface area contributed by atoms with E-state index in [4.69, 9.17) is 18.9 Å². The van der Waals surface area contributed by atoms with Gasteiger partial charge >= 0.3 is 29.6 Å². The van der Waals surface area contributed by atoms with Crippen molar-refractivity contribution in [1.29, 1.82) is 0 Å². The number of aromatic hydroxyl groups is 3. The summed E-state index contributed by atoms with van der Waals surface area (Å²) in [5, 5.41) is 41.3. The molecule has 3 N–H and O–H groups in total. The molecule has 9 heteroatoms. The van der Waals surface area contributed by atoms with Gasteiger partial charge in [0.05, 0.1) is 13.2 Å². The summed E-state index contributed by atoms with van der Waals surface area (Å²) in [5.41, 5.74) is 6.07. The second-order valence-electron chi connectivity index (χ2n) is 12.2. The van der Waals surface area contributed by atoms with Crippen molar-refractivity contribution in [3.05, 3.63) is 166 Å². The van der Waals surface area contributed by atoms with E-state index in [1.54, 1.807) is 42.5 Å². The van der Waals surface area contributed by atoms with Crippen LogP contribution in [0.4, 0.5) is 0 Å². The Bertz CT molecular complexity index is 2020. The Hall–Kier alpha value is -4.96. The maximum atomic E-state index is 11.8. The molecule has 4 aliphatic heterocycles. The first kappa shape index (κ1) is 31.3. The SMILES string of the molecule is Oc1ccc2c(c1)Oc1cc(O)ccc1C21OCc2ccccc21.[Na+].[O-]c1ccc2c(c1)Oc1cc(O)ccc1C21OCc2ccccc21. The monoisotopic (exact) mass is 658 g/mol. The Morgan fingerprint density at radius 1 is 0.449 bits per heavy atom. The van der Waals surface area contributed by atoms with Gasteiger partial charge in [0.1, 0.15) is 40.2 Å². The summed E-state index contributed by atoms with van der Waals surface area (Å²) in [6.45, 7) is 0.978. The molecular weight excluding hydrogens is 631 g/mol. The zero-order chi connectivity index (χ0) is 32.6. The van der Waals surface area contributed by atoms with Gasteiger partial charge in [-0.3, -0.25) is 0 Å². The van der Waals surface area contributed by atoms with Gasteiger partial charge in [0.25, 0.3) is 0 Å². The molecule has 4 heterocycles. The Kier molecular flexibility index (Phi) is 7.40. The number of phenols is 3. The van der Waals surface area contributed by atoms with Crippen LogP contribution in [0.1, 0.15) is 44.5 Å². The van der Waals surface area contributed by atoms with Gasteiger partial charge in [0, 0.05) is 40.5 Å². The van der Waals surface area contributed by atoms with Crippen LogP contribution >= 0.6 is 0 Å². The van der Waals surface area contributed by atoms with Gasteiger partial charge in [-0.25, -0.2) is 0 Å². The van der Waals surface area contributed by atoms with Gasteiger partial charge in [0.2, 0.25) is 0 Å². The van der Waals surface area contributed by atoms with Crippen LogP contribution in [-0.2, 0) is 33.9 Å². The summed E-state index contributed by atoms with van der Waals surface area (Å²) in [4.78, 5) is 0. The molecule has 0 aliphatic carbocycles. The molecule has 4 aliphatic rings. The number of ether oxygens (including phenoxy) is 4. The fourth-order valence-electron chi connectivity index (χ4n) is 7.46. The van der Waals surface area contributed by atoms with Crippen LogP contribution in [0.5, 0.6) is 46.0 Å². The van der Waals surface area contributed by atoms with Crippen LogP contribution in [0, 0.1) is 0 Å². The largest absolute Gasteiger partial charge is 1.00 e. The van der Waals surface area contributed by atoms with E-state index in [2.05, 4.69) is 12.1 Å². The van der Waals surface area contributed by atoms with Gasteiger partial charge in [0.15, 0.2) is 11.2 Å². The summed E-state index contributed by atoms with van der Waals surface area (Å²) in [6, 6.07) is 36.0. The zero-order valence-electron chi connectivity index (χ0n) is 26.3. The third-order valence-electron chi connectivity index (χ3n) is 9.49. The fourth-order valence-corrected chi connectivity index (χ4v) is 7.46. The first-order valence-electron chi connectivity index (χ1n) is 15.5. The predicted molar refractivity (Wildman–Crippen MR) is 173 cm³/mol. The van der Waals surface area contributed by atoms with Crippen molar-refractivity contribution in [3.63, 3.8) is 0 Å². The molecule has 6 aromatic carbocycles. The van der Waals surface area contributed by atoms with Crippen LogP contribution in [0.25, 0.3) is 0 Å². The van der Waals surface area contributed by atoms with Gasteiger partial charge < -0.3 is 39.4 Å². The standard InChI is InChI=1S/2C20H14O4.Na/c2*21-13-5-7-16-18(9-13)24-19-10-14(22)6-8-17(19)20(16)15-4-2-1-3-12(15)11-23-20;/h2*1-10,21-22H,11H2;/q;;+1/p-1. The molecule has 2 spiro atoms. The first-order valence-corrected chi connectivity index (χ1v) is 15.5. The van der Waals surface area contributed by atoms with Crippen molar-refractivity contribution in [1.82, 2.24) is 0 Å². The molecule has 10 rings (SSSR count). The zero-order valence-corrected chi connectivity index (χ0v) is 28.3. The minimum absolute atomic E-state index is 0. The minimum Gasteiger partial charge on any atom is -0.872 e. The molecule has 0 fully saturated rings. The topological polar surface area (TPSA) is 121 Å². The minimum atomic E-state index is -0.819. The van der Waals surface area contributed by atoms with Crippen molar-refractivity contribution in [3.8, 4) is 46.0 Å². The molecule has 6 aromatic rings. The van der Waals surface area contributed by atoms with Crippen molar-refractivity contribution in [2.24, 2.45) is 0 Å².